The minimum atomic E-state index is -0.607. The first-order valence-electron chi connectivity index (χ1n) is 10.0. The quantitative estimate of drug-likeness (QED) is 0.657. The summed E-state index contributed by atoms with van der Waals surface area (Å²) < 4.78 is 11.2. The lowest BCUT2D eigenvalue weighted by atomic mass is 10.1. The van der Waals surface area contributed by atoms with E-state index in [0.717, 1.165) is 16.8 Å². The van der Waals surface area contributed by atoms with Crippen molar-refractivity contribution in [2.24, 2.45) is 0 Å². The number of nitrogens with zero attached hydrogens (tertiary/aromatic N) is 1. The molecule has 0 saturated heterocycles. The minimum Gasteiger partial charge on any atom is -0.490 e. The van der Waals surface area contributed by atoms with Crippen molar-refractivity contribution in [3.05, 3.63) is 53.6 Å². The SMILES string of the molecule is CCOc1ccc(CCNC(=O)C(=O)N(CC)c2cccc(C)c2)cc1OCC. The van der Waals surface area contributed by atoms with Crippen LogP contribution >= 0.6 is 0 Å². The van der Waals surface area contributed by atoms with Gasteiger partial charge in [-0.05, 0) is 69.5 Å². The molecule has 0 aliphatic rings. The second-order valence-electron chi connectivity index (χ2n) is 6.54. The van der Waals surface area contributed by atoms with Crippen LogP contribution in [0.25, 0.3) is 0 Å². The molecule has 0 radical (unpaired) electrons. The molecule has 0 spiro atoms. The van der Waals surface area contributed by atoms with Crippen LogP contribution in [0.2, 0.25) is 0 Å². The van der Waals surface area contributed by atoms with Gasteiger partial charge in [-0.1, -0.05) is 18.2 Å². The Morgan fingerprint density at radius 2 is 1.69 bits per heavy atom. The highest BCUT2D eigenvalue weighted by Gasteiger charge is 2.21. The fourth-order valence-corrected chi connectivity index (χ4v) is 3.01. The van der Waals surface area contributed by atoms with Gasteiger partial charge in [0.25, 0.3) is 0 Å². The molecule has 0 atom stereocenters. The Bertz CT molecular complexity index is 835. The molecule has 29 heavy (non-hydrogen) atoms. The van der Waals surface area contributed by atoms with Gasteiger partial charge in [0.1, 0.15) is 0 Å². The number of rotatable bonds is 9. The first kappa shape index (κ1) is 22.3. The zero-order valence-electron chi connectivity index (χ0n) is 17.7. The minimum absolute atomic E-state index is 0.357. The molecular weight excluding hydrogens is 368 g/mol. The van der Waals surface area contributed by atoms with E-state index in [0.29, 0.717) is 44.2 Å². The zero-order chi connectivity index (χ0) is 21.2. The third-order valence-electron chi connectivity index (χ3n) is 4.38. The highest BCUT2D eigenvalue weighted by atomic mass is 16.5. The molecular formula is C23H30N2O4. The lowest BCUT2D eigenvalue weighted by molar-refractivity contribution is -0.137. The molecule has 0 aliphatic carbocycles. The number of hydrogen-bond donors (Lipinski definition) is 1. The van der Waals surface area contributed by atoms with E-state index in [1.165, 1.54) is 4.90 Å². The number of aryl methyl sites for hydroxylation is 1. The van der Waals surface area contributed by atoms with Gasteiger partial charge in [-0.15, -0.1) is 0 Å². The maximum Gasteiger partial charge on any atom is 0.316 e. The van der Waals surface area contributed by atoms with E-state index in [1.54, 1.807) is 0 Å². The fraction of sp³-hybridized carbons (Fsp3) is 0.391. The van der Waals surface area contributed by atoms with Gasteiger partial charge in [0, 0.05) is 18.8 Å². The van der Waals surface area contributed by atoms with E-state index in [1.807, 2.05) is 70.2 Å². The smallest absolute Gasteiger partial charge is 0.316 e. The molecule has 0 aromatic heterocycles. The van der Waals surface area contributed by atoms with Crippen molar-refractivity contribution in [1.82, 2.24) is 5.32 Å². The van der Waals surface area contributed by atoms with Crippen LogP contribution in [0.4, 0.5) is 5.69 Å². The topological polar surface area (TPSA) is 67.9 Å². The molecule has 2 rings (SSSR count). The number of amides is 2. The van der Waals surface area contributed by atoms with E-state index in [9.17, 15) is 9.59 Å². The molecule has 0 aliphatic heterocycles. The Morgan fingerprint density at radius 3 is 2.34 bits per heavy atom. The summed E-state index contributed by atoms with van der Waals surface area (Å²) in [5, 5.41) is 2.72. The number of likely N-dealkylation sites (N-methyl/N-ethyl adjacent to an activating group) is 1. The molecule has 0 fully saturated rings. The van der Waals surface area contributed by atoms with E-state index >= 15 is 0 Å². The van der Waals surface area contributed by atoms with Crippen molar-refractivity contribution in [3.8, 4) is 11.5 Å². The molecule has 2 amide bonds. The average molecular weight is 399 g/mol. The molecule has 6 heteroatoms. The molecule has 6 nitrogen and oxygen atoms in total. The van der Waals surface area contributed by atoms with Crippen LogP contribution < -0.4 is 19.7 Å². The van der Waals surface area contributed by atoms with Crippen LogP contribution in [0.15, 0.2) is 42.5 Å². The Hall–Kier alpha value is -3.02. The van der Waals surface area contributed by atoms with Crippen molar-refractivity contribution in [1.29, 1.82) is 0 Å². The predicted octanol–water partition coefficient (Wildman–Crippen LogP) is 3.50. The normalized spacial score (nSPS) is 10.3. The van der Waals surface area contributed by atoms with Gasteiger partial charge in [-0.2, -0.15) is 0 Å². The largest absolute Gasteiger partial charge is 0.490 e. The van der Waals surface area contributed by atoms with Crippen molar-refractivity contribution in [3.63, 3.8) is 0 Å². The van der Waals surface area contributed by atoms with Crippen LogP contribution in [-0.4, -0.2) is 38.1 Å². The predicted molar refractivity (Wildman–Crippen MR) is 115 cm³/mol. The maximum atomic E-state index is 12.6. The second-order valence-corrected chi connectivity index (χ2v) is 6.54. The Morgan fingerprint density at radius 1 is 0.966 bits per heavy atom. The number of benzene rings is 2. The summed E-state index contributed by atoms with van der Waals surface area (Å²) in [6, 6.07) is 13.3. The van der Waals surface area contributed by atoms with E-state index in [-0.39, 0.29) is 0 Å². The lowest BCUT2D eigenvalue weighted by Gasteiger charge is -2.20. The second kappa shape index (κ2) is 11.1. The molecule has 1 N–H and O–H groups in total. The first-order valence-corrected chi connectivity index (χ1v) is 10.0. The van der Waals surface area contributed by atoms with Crippen LogP contribution in [-0.2, 0) is 16.0 Å². The molecule has 0 heterocycles. The standard InChI is InChI=1S/C23H30N2O4/c1-5-25(19-10-8-9-17(4)15-19)23(27)22(26)24-14-13-18-11-12-20(28-6-2)21(16-18)29-7-3/h8-12,15-16H,5-7,13-14H2,1-4H3,(H,24,26). The van der Waals surface area contributed by atoms with Gasteiger partial charge in [-0.25, -0.2) is 0 Å². The van der Waals surface area contributed by atoms with E-state index in [4.69, 9.17) is 9.47 Å². The Labute approximate surface area is 172 Å². The summed E-state index contributed by atoms with van der Waals surface area (Å²) in [5.74, 6) is 0.226. The fourth-order valence-electron chi connectivity index (χ4n) is 3.01. The van der Waals surface area contributed by atoms with Crippen LogP contribution in [0, 0.1) is 6.92 Å². The van der Waals surface area contributed by atoms with E-state index in [2.05, 4.69) is 5.32 Å². The third kappa shape index (κ3) is 6.24. The highest BCUT2D eigenvalue weighted by molar-refractivity contribution is 6.40. The molecule has 0 bridgehead atoms. The van der Waals surface area contributed by atoms with Gasteiger partial charge in [0.2, 0.25) is 0 Å². The van der Waals surface area contributed by atoms with Crippen LogP contribution in [0.1, 0.15) is 31.9 Å². The number of anilines is 1. The van der Waals surface area contributed by atoms with Gasteiger partial charge in [-0.3, -0.25) is 9.59 Å². The van der Waals surface area contributed by atoms with Crippen molar-refractivity contribution in [2.45, 2.75) is 34.1 Å². The molecule has 0 unspecified atom stereocenters. The highest BCUT2D eigenvalue weighted by Crippen LogP contribution is 2.28. The summed E-state index contributed by atoms with van der Waals surface area (Å²) in [7, 11) is 0. The zero-order valence-corrected chi connectivity index (χ0v) is 17.7. The van der Waals surface area contributed by atoms with Gasteiger partial charge >= 0.3 is 11.8 Å². The number of hydrogen-bond acceptors (Lipinski definition) is 4. The van der Waals surface area contributed by atoms with Gasteiger partial charge in [0.15, 0.2) is 11.5 Å². The monoisotopic (exact) mass is 398 g/mol. The van der Waals surface area contributed by atoms with Crippen LogP contribution in [0.3, 0.4) is 0 Å². The van der Waals surface area contributed by atoms with Crippen molar-refractivity contribution in [2.75, 3.05) is 31.2 Å². The summed E-state index contributed by atoms with van der Waals surface area (Å²) in [4.78, 5) is 26.4. The summed E-state index contributed by atoms with van der Waals surface area (Å²) in [5.41, 5.74) is 2.76. The molecule has 2 aromatic rings. The van der Waals surface area contributed by atoms with Crippen LogP contribution in [0.5, 0.6) is 11.5 Å². The van der Waals surface area contributed by atoms with Gasteiger partial charge in [0.05, 0.1) is 13.2 Å². The number of carbonyl (C=O) groups excluding carboxylic acids is 2. The maximum absolute atomic E-state index is 12.6. The van der Waals surface area contributed by atoms with Crippen molar-refractivity contribution < 1.29 is 19.1 Å². The first-order chi connectivity index (χ1) is 14.0. The summed E-state index contributed by atoms with van der Waals surface area (Å²) in [6.07, 6.45) is 0.585. The molecule has 2 aromatic carbocycles. The third-order valence-corrected chi connectivity index (χ3v) is 4.38. The van der Waals surface area contributed by atoms with Gasteiger partial charge < -0.3 is 19.7 Å². The number of carbonyl (C=O) groups is 2. The summed E-state index contributed by atoms with van der Waals surface area (Å²) >= 11 is 0. The number of nitrogens with one attached hydrogen (secondary N) is 1. The summed E-state index contributed by atoms with van der Waals surface area (Å²) in [6.45, 7) is 9.53. The Kier molecular flexibility index (Phi) is 8.52. The van der Waals surface area contributed by atoms with Crippen molar-refractivity contribution >= 4 is 17.5 Å². The number of ether oxygens (including phenoxy) is 2. The Balaban J connectivity index is 1.96. The lowest BCUT2D eigenvalue weighted by Crippen LogP contribution is -2.43. The average Bonchev–Trinajstić information content (AvgIpc) is 2.70. The molecule has 156 valence electrons. The molecule has 0 saturated carbocycles. The van der Waals surface area contributed by atoms with E-state index < -0.39 is 11.8 Å².